The Morgan fingerprint density at radius 2 is 0.891 bits per heavy atom. The number of rotatable bonds is 11. The second kappa shape index (κ2) is 17.5. The molecule has 10 aromatic rings. The van der Waals surface area contributed by atoms with E-state index in [1.165, 1.54) is 6.92 Å². The Kier molecular flexibility index (Phi) is 10.2. The van der Waals surface area contributed by atoms with Gasteiger partial charge in [0.25, 0.3) is 0 Å². The predicted octanol–water partition coefficient (Wildman–Crippen LogP) is 14.9. The third-order valence-electron chi connectivity index (χ3n) is 11.3. The number of aliphatic hydroxyl groups is 1. The van der Waals surface area contributed by atoms with Crippen molar-refractivity contribution >= 4 is 27.6 Å². The Bertz CT molecular complexity index is 3330. The molecule has 5 nitrogen and oxygen atoms in total. The van der Waals surface area contributed by atoms with Crippen LogP contribution in [-0.2, 0) is 4.79 Å². The van der Waals surface area contributed by atoms with Gasteiger partial charge in [-0.05, 0) is 106 Å². The molecule has 0 unspecified atom stereocenters. The first-order valence-corrected chi connectivity index (χ1v) is 21.2. The van der Waals surface area contributed by atoms with Crippen LogP contribution in [0.25, 0.3) is 100.0 Å². The minimum Gasteiger partial charge on any atom is -0.512 e. The highest BCUT2D eigenvalue weighted by Gasteiger charge is 2.17. The second-order valence-electron chi connectivity index (χ2n) is 15.7. The van der Waals surface area contributed by atoms with E-state index in [1.807, 2.05) is 146 Å². The number of carbonyl (C=O) groups is 1. The third kappa shape index (κ3) is 8.31. The van der Waals surface area contributed by atoms with E-state index in [4.69, 9.17) is 14.7 Å². The number of nitrogens with zero attached hydrogens (tertiary/aromatic N) is 2. The number of ketones is 1. The molecule has 2 aromatic heterocycles. The Balaban J connectivity index is 1.09. The fraction of sp³-hybridized carbons (Fsp3) is 0.0339. The summed E-state index contributed by atoms with van der Waals surface area (Å²) in [6, 6.07) is 67.0. The molecule has 0 aliphatic heterocycles. The van der Waals surface area contributed by atoms with Gasteiger partial charge in [0.2, 0.25) is 0 Å². The van der Waals surface area contributed by atoms with Gasteiger partial charge in [0.05, 0.1) is 30.9 Å². The van der Waals surface area contributed by atoms with Crippen LogP contribution in [0, 0.1) is 0 Å². The fourth-order valence-electron chi connectivity index (χ4n) is 8.25. The largest absolute Gasteiger partial charge is 0.512 e. The van der Waals surface area contributed by atoms with Crippen molar-refractivity contribution in [2.45, 2.75) is 6.92 Å². The number of carbonyl (C=O) groups excluding carboxylic acids is 1. The van der Waals surface area contributed by atoms with E-state index in [-0.39, 0.29) is 18.1 Å². The summed E-state index contributed by atoms with van der Waals surface area (Å²) in [4.78, 5) is 22.5. The molecule has 0 radical (unpaired) electrons. The first kappa shape index (κ1) is 37.4. The summed E-state index contributed by atoms with van der Waals surface area (Å²) in [7, 11) is 0. The van der Waals surface area contributed by atoms with Crippen LogP contribution in [0.1, 0.15) is 9.67 Å². The molecule has 306 valence electrons. The third-order valence-corrected chi connectivity index (χ3v) is 11.3. The monoisotopic (exact) mass is 828 g/mol. The van der Waals surface area contributed by atoms with Crippen LogP contribution in [-0.4, -0.2) is 27.5 Å². The summed E-state index contributed by atoms with van der Waals surface area (Å²) in [6.45, 7) is 1.20. The minimum atomic E-state index is -0.357. The number of para-hydroxylation sites is 3. The van der Waals surface area contributed by atoms with Crippen LogP contribution in [0.3, 0.4) is 0 Å². The average Bonchev–Trinajstić information content (AvgIpc) is 3.35. The maximum Gasteiger partial charge on any atom is 0.196 e. The molecular formula is C59H42N2O3. The van der Waals surface area contributed by atoms with Crippen LogP contribution < -0.4 is 4.74 Å². The van der Waals surface area contributed by atoms with Crippen molar-refractivity contribution in [3.8, 4) is 83.9 Å². The summed E-state index contributed by atoms with van der Waals surface area (Å²) in [5.74, 6) is 0.0692. The SMILES string of the molecule is [2H]c1cc(-c2ccc3ccccc3n2)ccc1-c1ccccc1-c1cc(-c2ccccc2OCC(=O)/C=C(/C)O)cc(-c2ccccc2-c2ccc(-c3ccc4ccccc4n3)cc2[2H])c1. The number of ether oxygens (including phenoxy) is 1. The molecule has 2 heterocycles. The Morgan fingerprint density at radius 1 is 0.484 bits per heavy atom. The number of fused-ring (bicyclic) bond motifs is 2. The van der Waals surface area contributed by atoms with Crippen LogP contribution in [0.4, 0.5) is 0 Å². The van der Waals surface area contributed by atoms with E-state index in [1.54, 1.807) is 0 Å². The van der Waals surface area contributed by atoms with Gasteiger partial charge in [0.15, 0.2) is 12.4 Å². The lowest BCUT2D eigenvalue weighted by molar-refractivity contribution is -0.116. The maximum atomic E-state index is 12.7. The molecule has 0 bridgehead atoms. The van der Waals surface area contributed by atoms with E-state index in [0.717, 1.165) is 106 Å². The first-order chi connectivity index (χ1) is 32.3. The highest BCUT2D eigenvalue weighted by molar-refractivity contribution is 5.94. The van der Waals surface area contributed by atoms with Crippen molar-refractivity contribution < 1.29 is 17.4 Å². The predicted molar refractivity (Wildman–Crippen MR) is 262 cm³/mol. The minimum absolute atomic E-state index is 0.0850. The normalized spacial score (nSPS) is 11.9. The zero-order chi connectivity index (χ0) is 45.1. The molecule has 10 rings (SSSR count). The molecule has 8 aromatic carbocycles. The zero-order valence-corrected chi connectivity index (χ0v) is 35.0. The van der Waals surface area contributed by atoms with Crippen LogP contribution in [0.15, 0.2) is 224 Å². The molecule has 0 amide bonds. The molecule has 0 aliphatic carbocycles. The van der Waals surface area contributed by atoms with Crippen molar-refractivity contribution in [1.29, 1.82) is 0 Å². The van der Waals surface area contributed by atoms with Gasteiger partial charge >= 0.3 is 0 Å². The zero-order valence-electron chi connectivity index (χ0n) is 37.0. The lowest BCUT2D eigenvalue weighted by Crippen LogP contribution is -2.09. The maximum absolute atomic E-state index is 12.7. The standard InChI is InChI=1S/C59H42N2O3/c1-39(62)34-49(63)38-64-59-21-11-8-18-54(59)48-36-46(52-16-6-4-14-50(52)40-22-26-44(27-23-40)57-32-30-42-12-2-9-19-55(42)60-57)35-47(37-48)53-17-7-5-15-51(53)41-24-28-45(29-25-41)58-33-31-43-13-3-10-20-56(43)61-58/h2-37,62H,38H2,1H3/b39-34-/i22D,24D. The fourth-order valence-corrected chi connectivity index (χ4v) is 8.25. The van der Waals surface area contributed by atoms with Gasteiger partial charge in [-0.15, -0.1) is 0 Å². The molecule has 0 saturated heterocycles. The highest BCUT2D eigenvalue weighted by atomic mass is 16.5. The van der Waals surface area contributed by atoms with Crippen molar-refractivity contribution in [2.24, 2.45) is 0 Å². The first-order valence-electron chi connectivity index (χ1n) is 22.2. The van der Waals surface area contributed by atoms with Crippen LogP contribution in [0.5, 0.6) is 5.75 Å². The summed E-state index contributed by atoms with van der Waals surface area (Å²) in [5.41, 5.74) is 13.7. The number of aromatic nitrogens is 2. The van der Waals surface area contributed by atoms with Crippen LogP contribution >= 0.6 is 0 Å². The Hall–Kier alpha value is -8.41. The molecule has 1 N–H and O–H groups in total. The smallest absolute Gasteiger partial charge is 0.196 e. The number of allylic oxidation sites excluding steroid dienone is 1. The molecule has 0 saturated carbocycles. The lowest BCUT2D eigenvalue weighted by Gasteiger charge is -2.18. The van der Waals surface area contributed by atoms with Gasteiger partial charge in [0, 0.05) is 33.5 Å². The molecule has 0 atom stereocenters. The van der Waals surface area contributed by atoms with Gasteiger partial charge < -0.3 is 9.84 Å². The summed E-state index contributed by atoms with van der Waals surface area (Å²) in [5, 5.41) is 11.9. The molecule has 5 heteroatoms. The molecule has 0 fully saturated rings. The van der Waals surface area contributed by atoms with E-state index < -0.39 is 0 Å². The Morgan fingerprint density at radius 3 is 1.38 bits per heavy atom. The number of pyridine rings is 2. The molecular weight excluding hydrogens is 785 g/mol. The summed E-state index contributed by atoms with van der Waals surface area (Å²) in [6.07, 6.45) is 1.16. The molecule has 0 spiro atoms. The summed E-state index contributed by atoms with van der Waals surface area (Å²) < 4.78 is 24.9. The van der Waals surface area contributed by atoms with Gasteiger partial charge in [-0.1, -0.05) is 164 Å². The number of benzene rings is 8. The second-order valence-corrected chi connectivity index (χ2v) is 15.7. The lowest BCUT2D eigenvalue weighted by atomic mass is 9.87. The van der Waals surface area contributed by atoms with E-state index in [2.05, 4.69) is 54.6 Å². The Labute approximate surface area is 375 Å². The van der Waals surface area contributed by atoms with Gasteiger partial charge in [-0.2, -0.15) is 0 Å². The van der Waals surface area contributed by atoms with E-state index in [9.17, 15) is 12.6 Å². The summed E-state index contributed by atoms with van der Waals surface area (Å²) >= 11 is 0. The van der Waals surface area contributed by atoms with Crippen molar-refractivity contribution in [3.05, 3.63) is 224 Å². The molecule has 0 aliphatic rings. The highest BCUT2D eigenvalue weighted by Crippen LogP contribution is 2.42. The van der Waals surface area contributed by atoms with E-state index >= 15 is 0 Å². The van der Waals surface area contributed by atoms with E-state index in [0.29, 0.717) is 17.8 Å². The number of hydrogen-bond acceptors (Lipinski definition) is 5. The van der Waals surface area contributed by atoms with Gasteiger partial charge in [-0.3, -0.25) is 4.79 Å². The molecule has 64 heavy (non-hydrogen) atoms. The average molecular weight is 829 g/mol. The topological polar surface area (TPSA) is 72.3 Å². The van der Waals surface area contributed by atoms with Crippen molar-refractivity contribution in [3.63, 3.8) is 0 Å². The van der Waals surface area contributed by atoms with Crippen molar-refractivity contribution in [1.82, 2.24) is 9.97 Å². The van der Waals surface area contributed by atoms with Crippen LogP contribution in [0.2, 0.25) is 0 Å². The number of hydrogen-bond donors (Lipinski definition) is 1. The quantitative estimate of drug-likeness (QED) is 0.104. The van der Waals surface area contributed by atoms with Crippen molar-refractivity contribution in [2.75, 3.05) is 6.61 Å². The van der Waals surface area contributed by atoms with Gasteiger partial charge in [-0.25, -0.2) is 9.97 Å². The van der Waals surface area contributed by atoms with Gasteiger partial charge in [0.1, 0.15) is 5.75 Å². The number of aliphatic hydroxyl groups excluding tert-OH is 1.